The van der Waals surface area contributed by atoms with Crippen LogP contribution < -0.4 is 10.6 Å². The molecule has 1 aliphatic rings. The second-order valence-corrected chi connectivity index (χ2v) is 6.29. The molecule has 1 saturated heterocycles. The number of nitrogens with one attached hydrogen (secondary N) is 2. The maximum Gasteiger partial charge on any atom is 0.255 e. The summed E-state index contributed by atoms with van der Waals surface area (Å²) < 4.78 is 0. The van der Waals surface area contributed by atoms with Crippen LogP contribution in [0.5, 0.6) is 0 Å². The third-order valence-corrected chi connectivity index (χ3v) is 4.60. The van der Waals surface area contributed by atoms with E-state index in [-0.39, 0.29) is 30.3 Å². The Kier molecular flexibility index (Phi) is 7.18. The van der Waals surface area contributed by atoms with Gasteiger partial charge in [-0.15, -0.1) is 12.4 Å². The number of nitrogens with zero attached hydrogens (tertiary/aromatic N) is 1. The van der Waals surface area contributed by atoms with Crippen LogP contribution in [0.15, 0.2) is 54.6 Å². The number of halogens is 1. The summed E-state index contributed by atoms with van der Waals surface area (Å²) in [4.78, 5) is 26.6. The van der Waals surface area contributed by atoms with Crippen molar-refractivity contribution in [1.82, 2.24) is 10.2 Å². The van der Waals surface area contributed by atoms with Crippen molar-refractivity contribution >= 4 is 29.9 Å². The highest BCUT2D eigenvalue weighted by molar-refractivity contribution is 6.04. The molecule has 138 valence electrons. The van der Waals surface area contributed by atoms with Crippen molar-refractivity contribution in [3.05, 3.63) is 65.7 Å². The lowest BCUT2D eigenvalue weighted by atomic mass is 10.0. The van der Waals surface area contributed by atoms with Crippen molar-refractivity contribution in [3.8, 4) is 0 Å². The first-order valence-corrected chi connectivity index (χ1v) is 8.59. The largest absolute Gasteiger partial charge is 0.339 e. The van der Waals surface area contributed by atoms with Gasteiger partial charge in [0.1, 0.15) is 0 Å². The van der Waals surface area contributed by atoms with Gasteiger partial charge in [0.05, 0.1) is 0 Å². The average Bonchev–Trinajstić information content (AvgIpc) is 2.69. The van der Waals surface area contributed by atoms with Gasteiger partial charge in [-0.1, -0.05) is 18.2 Å². The standard InChI is InChI=1S/C20H23N3O2.ClH/c1-23(18-11-13-21-14-12-18)20(25)16-7-9-17(10-8-16)22-19(24)15-5-3-2-4-6-15;/h2-10,18,21H,11-14H2,1H3,(H,22,24);1H. The van der Waals surface area contributed by atoms with E-state index in [4.69, 9.17) is 0 Å². The molecule has 0 saturated carbocycles. The first-order valence-electron chi connectivity index (χ1n) is 8.59. The van der Waals surface area contributed by atoms with Gasteiger partial charge in [-0.2, -0.15) is 0 Å². The highest BCUT2D eigenvalue weighted by Crippen LogP contribution is 2.16. The fraction of sp³-hybridized carbons (Fsp3) is 0.300. The van der Waals surface area contributed by atoms with E-state index < -0.39 is 0 Å². The molecule has 1 aliphatic heterocycles. The maximum atomic E-state index is 12.6. The Labute approximate surface area is 160 Å². The Morgan fingerprint density at radius 1 is 0.962 bits per heavy atom. The Morgan fingerprint density at radius 2 is 1.58 bits per heavy atom. The van der Waals surface area contributed by atoms with Crippen LogP contribution in [-0.4, -0.2) is 42.9 Å². The number of carbonyl (C=O) groups excluding carboxylic acids is 2. The molecule has 0 bridgehead atoms. The van der Waals surface area contributed by atoms with Crippen LogP contribution in [-0.2, 0) is 0 Å². The summed E-state index contributed by atoms with van der Waals surface area (Å²) in [5.41, 5.74) is 1.92. The van der Waals surface area contributed by atoms with Gasteiger partial charge in [0.15, 0.2) is 0 Å². The van der Waals surface area contributed by atoms with E-state index in [1.807, 2.05) is 30.1 Å². The molecule has 1 fully saturated rings. The Bertz CT molecular complexity index is 728. The highest BCUT2D eigenvalue weighted by Gasteiger charge is 2.22. The summed E-state index contributed by atoms with van der Waals surface area (Å²) in [6.07, 6.45) is 1.96. The van der Waals surface area contributed by atoms with Crippen molar-refractivity contribution in [1.29, 1.82) is 0 Å². The zero-order valence-corrected chi connectivity index (χ0v) is 15.6. The summed E-state index contributed by atoms with van der Waals surface area (Å²) >= 11 is 0. The number of carbonyl (C=O) groups is 2. The first kappa shape index (κ1) is 19.9. The molecular weight excluding hydrogens is 350 g/mol. The molecule has 26 heavy (non-hydrogen) atoms. The van der Waals surface area contributed by atoms with Crippen molar-refractivity contribution < 1.29 is 9.59 Å². The highest BCUT2D eigenvalue weighted by atomic mass is 35.5. The maximum absolute atomic E-state index is 12.6. The Morgan fingerprint density at radius 3 is 2.19 bits per heavy atom. The van der Waals surface area contributed by atoms with E-state index in [1.165, 1.54) is 0 Å². The molecule has 0 aromatic heterocycles. The predicted octanol–water partition coefficient (Wildman–Crippen LogP) is 3.18. The SMILES string of the molecule is CN(C(=O)c1ccc(NC(=O)c2ccccc2)cc1)C1CCNCC1.Cl. The lowest BCUT2D eigenvalue weighted by molar-refractivity contribution is 0.0703. The minimum atomic E-state index is -0.161. The molecule has 2 aromatic rings. The molecule has 0 radical (unpaired) electrons. The third kappa shape index (κ3) is 4.84. The van der Waals surface area contributed by atoms with Gasteiger partial charge in [-0.25, -0.2) is 0 Å². The summed E-state index contributed by atoms with van der Waals surface area (Å²) in [6, 6.07) is 16.4. The molecule has 0 atom stereocenters. The molecule has 1 heterocycles. The number of benzene rings is 2. The second-order valence-electron chi connectivity index (χ2n) is 6.29. The Hall–Kier alpha value is -2.37. The molecule has 2 amide bonds. The second kappa shape index (κ2) is 9.36. The number of anilines is 1. The smallest absolute Gasteiger partial charge is 0.255 e. The number of amides is 2. The van der Waals surface area contributed by atoms with Crippen molar-refractivity contribution in [2.75, 3.05) is 25.5 Å². The minimum Gasteiger partial charge on any atom is -0.339 e. The Balaban J connectivity index is 0.00000243. The summed E-state index contributed by atoms with van der Waals surface area (Å²) in [6.45, 7) is 1.90. The van der Waals surface area contributed by atoms with E-state index in [2.05, 4.69) is 10.6 Å². The van der Waals surface area contributed by atoms with Gasteiger partial charge in [-0.3, -0.25) is 9.59 Å². The van der Waals surface area contributed by atoms with Crippen LogP contribution in [0.2, 0.25) is 0 Å². The first-order chi connectivity index (χ1) is 12.1. The molecule has 0 aliphatic carbocycles. The monoisotopic (exact) mass is 373 g/mol. The molecule has 2 aromatic carbocycles. The molecule has 0 unspecified atom stereocenters. The van der Waals surface area contributed by atoms with Gasteiger partial charge in [0.25, 0.3) is 11.8 Å². The fourth-order valence-electron chi connectivity index (χ4n) is 3.05. The number of hydrogen-bond donors (Lipinski definition) is 2. The van der Waals surface area contributed by atoms with Crippen molar-refractivity contribution in [3.63, 3.8) is 0 Å². The van der Waals surface area contributed by atoms with Crippen molar-refractivity contribution in [2.24, 2.45) is 0 Å². The van der Waals surface area contributed by atoms with Gasteiger partial charge >= 0.3 is 0 Å². The van der Waals surface area contributed by atoms with Crippen molar-refractivity contribution in [2.45, 2.75) is 18.9 Å². The fourth-order valence-corrected chi connectivity index (χ4v) is 3.05. The lowest BCUT2D eigenvalue weighted by Crippen LogP contribution is -2.43. The normalized spacial score (nSPS) is 14.2. The lowest BCUT2D eigenvalue weighted by Gasteiger charge is -2.31. The van der Waals surface area contributed by atoms with Crippen LogP contribution in [0.1, 0.15) is 33.6 Å². The van der Waals surface area contributed by atoms with E-state index in [0.717, 1.165) is 25.9 Å². The van der Waals surface area contributed by atoms with Crippen LogP contribution >= 0.6 is 12.4 Å². The molecule has 5 nitrogen and oxygen atoms in total. The van der Waals surface area contributed by atoms with E-state index in [1.54, 1.807) is 36.4 Å². The number of hydrogen-bond acceptors (Lipinski definition) is 3. The van der Waals surface area contributed by atoms with E-state index in [9.17, 15) is 9.59 Å². The van der Waals surface area contributed by atoms with Crippen LogP contribution in [0.25, 0.3) is 0 Å². The summed E-state index contributed by atoms with van der Waals surface area (Å²) in [7, 11) is 1.86. The molecule has 3 rings (SSSR count). The van der Waals surface area contributed by atoms with Gasteiger partial charge in [0.2, 0.25) is 0 Å². The molecule has 6 heteroatoms. The topological polar surface area (TPSA) is 61.4 Å². The quantitative estimate of drug-likeness (QED) is 0.865. The third-order valence-electron chi connectivity index (χ3n) is 4.60. The molecule has 0 spiro atoms. The van der Waals surface area contributed by atoms with Gasteiger partial charge in [0, 0.05) is 29.9 Å². The van der Waals surface area contributed by atoms with Crippen LogP contribution in [0, 0.1) is 0 Å². The molecule has 2 N–H and O–H groups in total. The number of rotatable bonds is 4. The zero-order chi connectivity index (χ0) is 17.6. The van der Waals surface area contributed by atoms with E-state index in [0.29, 0.717) is 16.8 Å². The van der Waals surface area contributed by atoms with Crippen LogP contribution in [0.4, 0.5) is 5.69 Å². The molecular formula is C20H24ClN3O2. The minimum absolute atomic E-state index is 0. The predicted molar refractivity (Wildman–Crippen MR) is 106 cm³/mol. The van der Waals surface area contributed by atoms with Gasteiger partial charge in [-0.05, 0) is 62.3 Å². The number of piperidine rings is 1. The summed E-state index contributed by atoms with van der Waals surface area (Å²) in [5.74, 6) is -0.140. The zero-order valence-electron chi connectivity index (χ0n) is 14.8. The average molecular weight is 374 g/mol. The summed E-state index contributed by atoms with van der Waals surface area (Å²) in [5, 5.41) is 6.15. The van der Waals surface area contributed by atoms with Gasteiger partial charge < -0.3 is 15.5 Å². The van der Waals surface area contributed by atoms with E-state index >= 15 is 0 Å². The van der Waals surface area contributed by atoms with Crippen LogP contribution in [0.3, 0.4) is 0 Å².